The van der Waals surface area contributed by atoms with Gasteiger partial charge in [-0.3, -0.25) is 9.59 Å². The van der Waals surface area contributed by atoms with Gasteiger partial charge in [0.1, 0.15) is 22.9 Å². The molecule has 0 fully saturated rings. The molecule has 1 aromatic heterocycles. The van der Waals surface area contributed by atoms with Gasteiger partial charge in [0.2, 0.25) is 0 Å². The fraction of sp³-hybridized carbons (Fsp3) is 0.361. The second kappa shape index (κ2) is 10.4. The molecule has 0 radical (unpaired) electrons. The molecule has 1 aliphatic carbocycles. The monoisotopic (exact) mass is 549 g/mol. The Labute approximate surface area is 242 Å². The average Bonchev–Trinajstić information content (AvgIpc) is 3.16. The summed E-state index contributed by atoms with van der Waals surface area (Å²) in [4.78, 5) is 31.3. The van der Waals surface area contributed by atoms with Crippen LogP contribution in [0.15, 0.2) is 60.7 Å². The zero-order valence-electron chi connectivity index (χ0n) is 25.1. The van der Waals surface area contributed by atoms with E-state index < -0.39 is 5.92 Å². The molecule has 1 heterocycles. The normalized spacial score (nSPS) is 15.4. The number of aryl methyl sites for hydroxylation is 2. The highest BCUT2D eigenvalue weighted by atomic mass is 16.5. The Morgan fingerprint density at radius 2 is 1.51 bits per heavy atom. The molecule has 0 bridgehead atoms. The lowest BCUT2D eigenvalue weighted by Gasteiger charge is -2.28. The molecule has 3 aromatic carbocycles. The number of nitrogens with zero attached hydrogens (tertiary/aromatic N) is 1. The van der Waals surface area contributed by atoms with Crippen LogP contribution in [0.5, 0.6) is 11.5 Å². The van der Waals surface area contributed by atoms with Gasteiger partial charge in [-0.2, -0.15) is 0 Å². The van der Waals surface area contributed by atoms with Crippen LogP contribution >= 0.6 is 0 Å². The van der Waals surface area contributed by atoms with Gasteiger partial charge in [0, 0.05) is 16.5 Å². The van der Waals surface area contributed by atoms with Crippen LogP contribution in [0.1, 0.15) is 103 Å². The highest BCUT2D eigenvalue weighted by Crippen LogP contribution is 2.40. The van der Waals surface area contributed by atoms with Crippen molar-refractivity contribution in [3.63, 3.8) is 0 Å². The Kier molecular flexibility index (Phi) is 7.27. The first-order valence-corrected chi connectivity index (χ1v) is 14.3. The number of fused-ring (bicyclic) bond motifs is 2. The van der Waals surface area contributed by atoms with Crippen molar-refractivity contribution in [1.82, 2.24) is 4.98 Å². The maximum atomic E-state index is 13.3. The minimum absolute atomic E-state index is 0.176. The topological polar surface area (TPSA) is 76.5 Å². The van der Waals surface area contributed by atoms with Gasteiger partial charge in [-0.05, 0) is 65.0 Å². The molecular weight excluding hydrogens is 510 g/mol. The highest BCUT2D eigenvalue weighted by Gasteiger charge is 2.41. The third kappa shape index (κ3) is 5.38. The van der Waals surface area contributed by atoms with E-state index in [-0.39, 0.29) is 22.4 Å². The predicted octanol–water partition coefficient (Wildman–Crippen LogP) is 8.02. The SMILES string of the molecule is Cc1cccc2c1C(=O)C(c1ccc3cccc(OCCCc4cc(C(C)(C)C)c(O)c(C(C)(C)C)c4)c3n1)C2=O. The lowest BCUT2D eigenvalue weighted by Crippen LogP contribution is -2.18. The molecule has 0 saturated carbocycles. The lowest BCUT2D eigenvalue weighted by atomic mass is 9.78. The van der Waals surface area contributed by atoms with Crippen LogP contribution in [0.2, 0.25) is 0 Å². The number of phenols is 1. The average molecular weight is 550 g/mol. The number of aromatic hydroxyl groups is 1. The van der Waals surface area contributed by atoms with Gasteiger partial charge in [-0.25, -0.2) is 4.98 Å². The summed E-state index contributed by atoms with van der Waals surface area (Å²) in [6, 6.07) is 19.1. The first-order valence-electron chi connectivity index (χ1n) is 14.3. The number of carbonyl (C=O) groups is 2. The van der Waals surface area contributed by atoms with Gasteiger partial charge in [0.15, 0.2) is 11.6 Å². The van der Waals surface area contributed by atoms with Crippen molar-refractivity contribution in [3.05, 3.63) is 99.7 Å². The number of para-hydroxylation sites is 1. The summed E-state index contributed by atoms with van der Waals surface area (Å²) < 4.78 is 6.23. The molecule has 0 saturated heterocycles. The minimum Gasteiger partial charge on any atom is -0.507 e. The molecule has 212 valence electrons. The van der Waals surface area contributed by atoms with Crippen molar-refractivity contribution in [2.45, 2.75) is 78.1 Å². The highest BCUT2D eigenvalue weighted by molar-refractivity contribution is 6.30. The molecule has 1 atom stereocenters. The molecule has 0 amide bonds. The lowest BCUT2D eigenvalue weighted by molar-refractivity contribution is 0.0888. The number of benzene rings is 3. The minimum atomic E-state index is -0.924. The standard InChI is InChI=1S/C36H39NO4/c1-21-11-8-14-24-29(21)34(40)30(32(24)38)27-17-16-23-13-9-15-28(31(23)37-27)41-18-10-12-22-19-25(35(2,3)4)33(39)26(20-22)36(5,6)7/h8-9,11,13-17,19-20,30,39H,10,12,18H2,1-7H3. The smallest absolute Gasteiger partial charge is 0.180 e. The van der Waals surface area contributed by atoms with Crippen molar-refractivity contribution >= 4 is 22.5 Å². The van der Waals surface area contributed by atoms with E-state index in [4.69, 9.17) is 9.72 Å². The largest absolute Gasteiger partial charge is 0.507 e. The summed E-state index contributed by atoms with van der Waals surface area (Å²) in [5.41, 5.74) is 5.63. The van der Waals surface area contributed by atoms with Gasteiger partial charge < -0.3 is 9.84 Å². The van der Waals surface area contributed by atoms with E-state index >= 15 is 0 Å². The molecular formula is C36H39NO4. The molecule has 1 N–H and O–H groups in total. The molecule has 1 aliphatic rings. The number of carbonyl (C=O) groups excluding carboxylic acids is 2. The van der Waals surface area contributed by atoms with Crippen LogP contribution in [0.3, 0.4) is 0 Å². The fourth-order valence-electron chi connectivity index (χ4n) is 5.74. The Morgan fingerprint density at radius 1 is 0.854 bits per heavy atom. The van der Waals surface area contributed by atoms with Gasteiger partial charge in [-0.15, -0.1) is 0 Å². The van der Waals surface area contributed by atoms with Crippen LogP contribution < -0.4 is 4.74 Å². The molecule has 4 aromatic rings. The van der Waals surface area contributed by atoms with Crippen LogP contribution in [0.4, 0.5) is 0 Å². The van der Waals surface area contributed by atoms with Crippen molar-refractivity contribution in [3.8, 4) is 11.5 Å². The number of rotatable bonds is 6. The van der Waals surface area contributed by atoms with Gasteiger partial charge in [0.05, 0.1) is 12.3 Å². The quantitative estimate of drug-likeness (QED) is 0.195. The number of pyridine rings is 1. The summed E-state index contributed by atoms with van der Waals surface area (Å²) in [6.45, 7) is 15.1. The number of hydrogen-bond acceptors (Lipinski definition) is 5. The molecule has 0 aliphatic heterocycles. The van der Waals surface area contributed by atoms with Gasteiger partial charge in [-0.1, -0.05) is 90.1 Å². The Bertz CT molecular complexity index is 1630. The van der Waals surface area contributed by atoms with Crippen LogP contribution in [0.25, 0.3) is 10.9 Å². The first kappa shape index (κ1) is 28.5. The molecule has 1 unspecified atom stereocenters. The van der Waals surface area contributed by atoms with E-state index in [0.717, 1.165) is 34.9 Å². The van der Waals surface area contributed by atoms with E-state index in [2.05, 4.69) is 53.7 Å². The van der Waals surface area contributed by atoms with Crippen LogP contribution in [-0.4, -0.2) is 28.3 Å². The molecule has 5 rings (SSSR count). The van der Waals surface area contributed by atoms with Gasteiger partial charge >= 0.3 is 0 Å². The van der Waals surface area contributed by atoms with E-state index in [0.29, 0.717) is 40.4 Å². The number of ketones is 2. The molecule has 5 nitrogen and oxygen atoms in total. The molecule has 0 spiro atoms. The summed E-state index contributed by atoms with van der Waals surface area (Å²) in [7, 11) is 0. The number of phenolic OH excluding ortho intramolecular Hbond substituents is 1. The van der Waals surface area contributed by atoms with Crippen molar-refractivity contribution in [1.29, 1.82) is 0 Å². The van der Waals surface area contributed by atoms with E-state index in [1.165, 1.54) is 5.56 Å². The van der Waals surface area contributed by atoms with Crippen molar-refractivity contribution in [2.75, 3.05) is 6.61 Å². The molecule has 5 heteroatoms. The third-order valence-corrected chi connectivity index (χ3v) is 7.96. The molecule has 41 heavy (non-hydrogen) atoms. The summed E-state index contributed by atoms with van der Waals surface area (Å²) in [6.07, 6.45) is 1.58. The maximum Gasteiger partial charge on any atom is 0.180 e. The third-order valence-electron chi connectivity index (χ3n) is 7.96. The second-order valence-electron chi connectivity index (χ2n) is 13.2. The Hall–Kier alpha value is -3.99. The van der Waals surface area contributed by atoms with E-state index in [1.54, 1.807) is 12.1 Å². The number of ether oxygens (including phenoxy) is 1. The maximum absolute atomic E-state index is 13.3. The first-order chi connectivity index (χ1) is 19.3. The zero-order valence-corrected chi connectivity index (χ0v) is 25.1. The summed E-state index contributed by atoms with van der Waals surface area (Å²) in [5, 5.41) is 11.9. The van der Waals surface area contributed by atoms with Gasteiger partial charge in [0.25, 0.3) is 0 Å². The van der Waals surface area contributed by atoms with E-state index in [9.17, 15) is 14.7 Å². The van der Waals surface area contributed by atoms with Crippen molar-refractivity contribution < 1.29 is 19.4 Å². The van der Waals surface area contributed by atoms with Crippen molar-refractivity contribution in [2.24, 2.45) is 0 Å². The summed E-state index contributed by atoms with van der Waals surface area (Å²) >= 11 is 0. The van der Waals surface area contributed by atoms with Crippen LogP contribution in [0, 0.1) is 6.92 Å². The van der Waals surface area contributed by atoms with E-state index in [1.807, 2.05) is 43.3 Å². The predicted molar refractivity (Wildman–Crippen MR) is 164 cm³/mol. The number of hydrogen-bond donors (Lipinski definition) is 1. The fourth-order valence-corrected chi connectivity index (χ4v) is 5.74. The Morgan fingerprint density at radius 3 is 2.15 bits per heavy atom. The second-order valence-corrected chi connectivity index (χ2v) is 13.2. The number of aromatic nitrogens is 1. The number of Topliss-reactive ketones (excluding diaryl/α,β-unsaturated/α-hetero) is 2. The summed E-state index contributed by atoms with van der Waals surface area (Å²) in [5.74, 6) is -0.289. The zero-order chi connectivity index (χ0) is 29.7. The Balaban J connectivity index is 1.36. The van der Waals surface area contributed by atoms with Crippen LogP contribution in [-0.2, 0) is 17.3 Å².